The van der Waals surface area contributed by atoms with Gasteiger partial charge in [-0.15, -0.1) is 13.2 Å². The van der Waals surface area contributed by atoms with Gasteiger partial charge in [-0.25, -0.2) is 4.79 Å². The number of alkyl carbamates (subject to hydrolysis) is 1. The van der Waals surface area contributed by atoms with Gasteiger partial charge in [-0.3, -0.25) is 0 Å². The number of halogens is 3. The monoisotopic (exact) mass is 378 g/mol. The summed E-state index contributed by atoms with van der Waals surface area (Å²) in [6.45, 7) is 0.396. The molecule has 0 saturated carbocycles. The zero-order valence-corrected chi connectivity index (χ0v) is 14.2. The average Bonchev–Trinajstić information content (AvgIpc) is 2.62. The van der Waals surface area contributed by atoms with Gasteiger partial charge in [-0.2, -0.15) is 0 Å². The van der Waals surface area contributed by atoms with Gasteiger partial charge in [0.05, 0.1) is 5.69 Å². The van der Waals surface area contributed by atoms with E-state index in [2.05, 4.69) is 21.9 Å². The molecule has 3 N–H and O–H groups in total. The fourth-order valence-electron chi connectivity index (χ4n) is 1.99. The normalized spacial score (nSPS) is 10.5. The summed E-state index contributed by atoms with van der Waals surface area (Å²) >= 11 is 0. The average molecular weight is 378 g/mol. The first-order valence-electron chi connectivity index (χ1n) is 7.92. The molecule has 0 fully saturated rings. The van der Waals surface area contributed by atoms with E-state index in [4.69, 9.17) is 10.5 Å². The summed E-state index contributed by atoms with van der Waals surface area (Å²) in [6.07, 6.45) is -5.11. The number of carbonyl (C=O) groups excluding carboxylic acids is 1. The minimum Gasteiger partial charge on any atom is -0.445 e. The number of hydrogen-bond acceptors (Lipinski definition) is 4. The molecule has 0 radical (unpaired) electrons. The number of alkyl halides is 3. The largest absolute Gasteiger partial charge is 0.573 e. The molecule has 0 unspecified atom stereocenters. The van der Waals surface area contributed by atoms with E-state index in [0.29, 0.717) is 12.0 Å². The smallest absolute Gasteiger partial charge is 0.445 e. The lowest BCUT2D eigenvalue weighted by molar-refractivity contribution is -0.274. The van der Waals surface area contributed by atoms with E-state index in [1.165, 1.54) is 12.1 Å². The molecule has 142 valence electrons. The highest BCUT2D eigenvalue weighted by Crippen LogP contribution is 2.28. The Hall–Kier alpha value is -3.34. The molecule has 0 bridgehead atoms. The maximum Gasteiger partial charge on any atom is 0.573 e. The van der Waals surface area contributed by atoms with E-state index < -0.39 is 18.2 Å². The van der Waals surface area contributed by atoms with Crippen LogP contribution in [0.2, 0.25) is 0 Å². The van der Waals surface area contributed by atoms with Crippen LogP contribution in [0, 0.1) is 11.8 Å². The number of carbonyl (C=O) groups is 1. The Balaban J connectivity index is 1.77. The molecule has 1 amide bonds. The summed E-state index contributed by atoms with van der Waals surface area (Å²) < 4.78 is 45.7. The summed E-state index contributed by atoms with van der Waals surface area (Å²) in [5.41, 5.74) is 6.49. The molecule has 2 aromatic carbocycles. The molecule has 0 saturated heterocycles. The standard InChI is InChI=1S/C19H17F3N2O3/c20-19(21,22)27-17-12-14(9-10-16(17)23)6-4-5-11-24-18(25)26-13-15-7-2-1-3-8-15/h1-3,7-10,12H,5,11,13,23H2,(H,24,25). The Morgan fingerprint density at radius 1 is 1.15 bits per heavy atom. The van der Waals surface area contributed by atoms with Crippen molar-refractivity contribution in [2.24, 2.45) is 0 Å². The van der Waals surface area contributed by atoms with E-state index >= 15 is 0 Å². The van der Waals surface area contributed by atoms with E-state index in [-0.39, 0.29) is 18.8 Å². The molecular formula is C19H17F3N2O3. The van der Waals surface area contributed by atoms with Gasteiger partial charge in [0.2, 0.25) is 0 Å². The second kappa shape index (κ2) is 9.38. The number of nitrogen functional groups attached to an aromatic ring is 1. The third-order valence-corrected chi connectivity index (χ3v) is 3.20. The Bertz CT molecular complexity index is 828. The van der Waals surface area contributed by atoms with E-state index in [1.807, 2.05) is 30.3 Å². The van der Waals surface area contributed by atoms with Gasteiger partial charge >= 0.3 is 12.5 Å². The lowest BCUT2D eigenvalue weighted by Gasteiger charge is -2.11. The summed E-state index contributed by atoms with van der Waals surface area (Å²) in [5.74, 6) is 4.92. The zero-order chi connectivity index (χ0) is 19.7. The van der Waals surface area contributed by atoms with Crippen molar-refractivity contribution in [1.29, 1.82) is 0 Å². The molecule has 0 heterocycles. The molecule has 0 aliphatic carbocycles. The lowest BCUT2D eigenvalue weighted by atomic mass is 10.2. The molecule has 0 aliphatic heterocycles. The van der Waals surface area contributed by atoms with Gasteiger partial charge in [-0.05, 0) is 23.8 Å². The molecule has 5 nitrogen and oxygen atoms in total. The predicted molar refractivity (Wildman–Crippen MR) is 93.7 cm³/mol. The van der Waals surface area contributed by atoms with Crippen LogP contribution in [0.5, 0.6) is 5.75 Å². The number of ether oxygens (including phenoxy) is 2. The highest BCUT2D eigenvalue weighted by atomic mass is 19.4. The van der Waals surface area contributed by atoms with Gasteiger partial charge in [0.15, 0.2) is 5.75 Å². The van der Waals surface area contributed by atoms with Crippen molar-refractivity contribution in [2.45, 2.75) is 19.4 Å². The van der Waals surface area contributed by atoms with Crippen LogP contribution in [0.15, 0.2) is 48.5 Å². The summed E-state index contributed by atoms with van der Waals surface area (Å²) in [6, 6.07) is 13.1. The molecule has 8 heteroatoms. The lowest BCUT2D eigenvalue weighted by Crippen LogP contribution is -2.24. The van der Waals surface area contributed by atoms with Crippen molar-refractivity contribution in [3.8, 4) is 17.6 Å². The first kappa shape index (κ1) is 20.0. The van der Waals surface area contributed by atoms with Gasteiger partial charge in [0.1, 0.15) is 6.61 Å². The minimum absolute atomic E-state index is 0.138. The molecule has 2 aromatic rings. The van der Waals surface area contributed by atoms with Crippen LogP contribution in [0.4, 0.5) is 23.7 Å². The first-order valence-corrected chi connectivity index (χ1v) is 7.92. The fourth-order valence-corrected chi connectivity index (χ4v) is 1.99. The molecule has 0 spiro atoms. The molecule has 2 rings (SSSR count). The quantitative estimate of drug-likeness (QED) is 0.471. The van der Waals surface area contributed by atoms with Crippen LogP contribution >= 0.6 is 0 Å². The second-order valence-electron chi connectivity index (χ2n) is 5.34. The van der Waals surface area contributed by atoms with Crippen LogP contribution in [0.1, 0.15) is 17.5 Å². The molecule has 0 atom stereocenters. The van der Waals surface area contributed by atoms with Crippen molar-refractivity contribution >= 4 is 11.8 Å². The number of nitrogens with two attached hydrogens (primary N) is 1. The molecule has 27 heavy (non-hydrogen) atoms. The van der Waals surface area contributed by atoms with Crippen LogP contribution in [0.25, 0.3) is 0 Å². The predicted octanol–water partition coefficient (Wildman–Crippen LogP) is 3.84. The number of amides is 1. The van der Waals surface area contributed by atoms with Crippen molar-refractivity contribution < 1.29 is 27.4 Å². The maximum absolute atomic E-state index is 12.3. The highest BCUT2D eigenvalue weighted by Gasteiger charge is 2.31. The minimum atomic E-state index is -4.83. The topological polar surface area (TPSA) is 73.6 Å². The number of nitrogens with one attached hydrogen (secondary N) is 1. The number of rotatable bonds is 5. The first-order chi connectivity index (χ1) is 12.8. The number of benzene rings is 2. The summed E-state index contributed by atoms with van der Waals surface area (Å²) in [5, 5.41) is 2.53. The molecular weight excluding hydrogens is 361 g/mol. The van der Waals surface area contributed by atoms with E-state index in [9.17, 15) is 18.0 Å². The van der Waals surface area contributed by atoms with Crippen molar-refractivity contribution in [3.05, 3.63) is 59.7 Å². The third-order valence-electron chi connectivity index (χ3n) is 3.20. The maximum atomic E-state index is 12.3. The van der Waals surface area contributed by atoms with Crippen LogP contribution < -0.4 is 15.8 Å². The van der Waals surface area contributed by atoms with E-state index in [0.717, 1.165) is 11.6 Å². The van der Waals surface area contributed by atoms with Crippen molar-refractivity contribution in [1.82, 2.24) is 5.32 Å². The van der Waals surface area contributed by atoms with Gasteiger partial charge < -0.3 is 20.5 Å². The third kappa shape index (κ3) is 7.61. The van der Waals surface area contributed by atoms with E-state index in [1.54, 1.807) is 0 Å². The summed E-state index contributed by atoms with van der Waals surface area (Å²) in [7, 11) is 0. The Labute approximate surface area is 154 Å². The Kier molecular flexibility index (Phi) is 6.94. The van der Waals surface area contributed by atoms with Crippen molar-refractivity contribution in [3.63, 3.8) is 0 Å². The number of hydrogen-bond donors (Lipinski definition) is 2. The van der Waals surface area contributed by atoms with Crippen LogP contribution in [0.3, 0.4) is 0 Å². The van der Waals surface area contributed by atoms with Crippen LogP contribution in [-0.2, 0) is 11.3 Å². The zero-order valence-electron chi connectivity index (χ0n) is 14.2. The molecule has 0 aliphatic rings. The highest BCUT2D eigenvalue weighted by molar-refractivity contribution is 5.67. The molecule has 0 aromatic heterocycles. The summed E-state index contributed by atoms with van der Waals surface area (Å²) in [4.78, 5) is 11.5. The second-order valence-corrected chi connectivity index (χ2v) is 5.34. The Morgan fingerprint density at radius 3 is 2.59 bits per heavy atom. The fraction of sp³-hybridized carbons (Fsp3) is 0.211. The van der Waals surface area contributed by atoms with Gasteiger partial charge in [0.25, 0.3) is 0 Å². The van der Waals surface area contributed by atoms with Gasteiger partial charge in [0, 0.05) is 18.5 Å². The van der Waals surface area contributed by atoms with Crippen molar-refractivity contribution in [2.75, 3.05) is 12.3 Å². The number of anilines is 1. The van der Waals surface area contributed by atoms with Crippen LogP contribution in [-0.4, -0.2) is 19.0 Å². The van der Waals surface area contributed by atoms with Gasteiger partial charge in [-0.1, -0.05) is 42.2 Å². The Morgan fingerprint density at radius 2 is 1.89 bits per heavy atom. The SMILES string of the molecule is Nc1ccc(C#CCCNC(=O)OCc2ccccc2)cc1OC(F)(F)F.